The minimum atomic E-state index is -0.757. The van der Waals surface area contributed by atoms with E-state index in [0.29, 0.717) is 48.0 Å². The topological polar surface area (TPSA) is 69.2 Å². The normalized spacial score (nSPS) is 14.1. The lowest BCUT2D eigenvalue weighted by atomic mass is 10.1. The van der Waals surface area contributed by atoms with Gasteiger partial charge in [0.2, 0.25) is 0 Å². The molecular weight excluding hydrogens is 404 g/mol. The Morgan fingerprint density at radius 1 is 1.21 bits per heavy atom. The van der Waals surface area contributed by atoms with Crippen LogP contribution in [-0.2, 0) is 19.5 Å². The number of benzene rings is 2. The molecule has 0 fully saturated rings. The van der Waals surface area contributed by atoms with Crippen LogP contribution in [0.15, 0.2) is 41.2 Å². The highest BCUT2D eigenvalue weighted by Gasteiger charge is 2.22. The lowest BCUT2D eigenvalue weighted by molar-refractivity contribution is 0.241. The Bertz CT molecular complexity index is 1080. The minimum absolute atomic E-state index is 0.0282. The van der Waals surface area contributed by atoms with Gasteiger partial charge >= 0.3 is 0 Å². The number of halogens is 3. The average Bonchev–Trinajstić information content (AvgIpc) is 2.67. The molecule has 0 bridgehead atoms. The zero-order valence-electron chi connectivity index (χ0n) is 14.7. The van der Waals surface area contributed by atoms with E-state index in [9.17, 15) is 14.3 Å². The molecule has 0 amide bonds. The van der Waals surface area contributed by atoms with E-state index in [1.165, 1.54) is 12.1 Å². The predicted molar refractivity (Wildman–Crippen MR) is 106 cm³/mol. The first-order chi connectivity index (χ1) is 13.4. The SMILES string of the molecule is O=c1[nH]c(-c2ccc(Cl)cc2)nc2c1CN(Cc1cc(F)c(O)c(Cl)c1)CC2. The number of nitrogens with one attached hydrogen (secondary N) is 1. The lowest BCUT2D eigenvalue weighted by Gasteiger charge is -2.27. The number of fused-ring (bicyclic) bond motifs is 1. The number of hydrogen-bond donors (Lipinski definition) is 2. The van der Waals surface area contributed by atoms with E-state index in [1.54, 1.807) is 12.1 Å². The monoisotopic (exact) mass is 419 g/mol. The van der Waals surface area contributed by atoms with Gasteiger partial charge in [-0.25, -0.2) is 9.37 Å². The summed E-state index contributed by atoms with van der Waals surface area (Å²) in [7, 11) is 0. The van der Waals surface area contributed by atoms with Crippen LogP contribution < -0.4 is 5.56 Å². The maximum Gasteiger partial charge on any atom is 0.255 e. The molecule has 3 aromatic rings. The van der Waals surface area contributed by atoms with Crippen molar-refractivity contribution in [2.75, 3.05) is 6.54 Å². The van der Waals surface area contributed by atoms with Gasteiger partial charge in [-0.3, -0.25) is 9.69 Å². The van der Waals surface area contributed by atoms with Gasteiger partial charge < -0.3 is 10.1 Å². The third-order valence-electron chi connectivity index (χ3n) is 4.75. The predicted octanol–water partition coefficient (Wildman–Crippen LogP) is 4.15. The second-order valence-electron chi connectivity index (χ2n) is 6.72. The van der Waals surface area contributed by atoms with E-state index < -0.39 is 11.6 Å². The molecular formula is C20H16Cl2FN3O2. The molecule has 1 aromatic heterocycles. The van der Waals surface area contributed by atoms with Crippen molar-refractivity contribution in [3.63, 3.8) is 0 Å². The van der Waals surface area contributed by atoms with Gasteiger partial charge in [0.15, 0.2) is 11.6 Å². The van der Waals surface area contributed by atoms with Gasteiger partial charge in [0.05, 0.1) is 16.3 Å². The third kappa shape index (κ3) is 3.76. The largest absolute Gasteiger partial charge is 0.504 e. The summed E-state index contributed by atoms with van der Waals surface area (Å²) in [4.78, 5) is 22.1. The molecule has 0 aliphatic carbocycles. The minimum Gasteiger partial charge on any atom is -0.504 e. The quantitative estimate of drug-likeness (QED) is 0.668. The maximum atomic E-state index is 13.7. The average molecular weight is 420 g/mol. The number of phenols is 1. The number of aromatic hydroxyl groups is 1. The summed E-state index contributed by atoms with van der Waals surface area (Å²) >= 11 is 11.8. The highest BCUT2D eigenvalue weighted by molar-refractivity contribution is 6.32. The molecule has 144 valence electrons. The van der Waals surface area contributed by atoms with Crippen molar-refractivity contribution in [1.29, 1.82) is 0 Å². The molecule has 0 unspecified atom stereocenters. The Kier molecular flexibility index (Phi) is 5.10. The highest BCUT2D eigenvalue weighted by Crippen LogP contribution is 2.29. The van der Waals surface area contributed by atoms with Crippen LogP contribution in [0.4, 0.5) is 4.39 Å². The lowest BCUT2D eigenvalue weighted by Crippen LogP contribution is -2.35. The van der Waals surface area contributed by atoms with Gasteiger partial charge in [0.25, 0.3) is 5.56 Å². The van der Waals surface area contributed by atoms with Crippen LogP contribution in [0.1, 0.15) is 16.8 Å². The van der Waals surface area contributed by atoms with Gasteiger partial charge in [-0.15, -0.1) is 0 Å². The van der Waals surface area contributed by atoms with Crippen LogP contribution in [0.2, 0.25) is 10.0 Å². The van der Waals surface area contributed by atoms with Crippen LogP contribution in [-0.4, -0.2) is 26.5 Å². The summed E-state index contributed by atoms with van der Waals surface area (Å²) in [5.41, 5.74) is 2.61. The zero-order valence-corrected chi connectivity index (χ0v) is 16.2. The van der Waals surface area contributed by atoms with E-state index in [1.807, 2.05) is 17.0 Å². The fraction of sp³-hybridized carbons (Fsp3) is 0.200. The van der Waals surface area contributed by atoms with Crippen LogP contribution in [0, 0.1) is 5.82 Å². The Hall–Kier alpha value is -2.41. The highest BCUT2D eigenvalue weighted by atomic mass is 35.5. The standard InChI is InChI=1S/C20H16Cl2FN3O2/c21-13-3-1-12(2-4-13)19-24-17-5-6-26(10-14(17)20(28)25-19)9-11-7-15(22)18(27)16(23)8-11/h1-4,7-8,27H,5-6,9-10H2,(H,24,25,28). The first-order valence-electron chi connectivity index (χ1n) is 8.68. The second kappa shape index (κ2) is 7.54. The third-order valence-corrected chi connectivity index (χ3v) is 5.29. The van der Waals surface area contributed by atoms with E-state index in [-0.39, 0.29) is 10.6 Å². The van der Waals surface area contributed by atoms with Gasteiger partial charge in [0, 0.05) is 36.6 Å². The smallest absolute Gasteiger partial charge is 0.255 e. The summed E-state index contributed by atoms with van der Waals surface area (Å²) in [6.07, 6.45) is 0.605. The molecule has 1 aliphatic heterocycles. The molecule has 0 radical (unpaired) electrons. The van der Waals surface area contributed by atoms with E-state index in [2.05, 4.69) is 9.97 Å². The number of hydrogen-bond acceptors (Lipinski definition) is 4. The number of aromatic nitrogens is 2. The Morgan fingerprint density at radius 2 is 1.96 bits per heavy atom. The molecule has 0 spiro atoms. The van der Waals surface area contributed by atoms with E-state index in [4.69, 9.17) is 23.2 Å². The van der Waals surface area contributed by atoms with Crippen molar-refractivity contribution in [2.24, 2.45) is 0 Å². The molecule has 2 N–H and O–H groups in total. The molecule has 0 atom stereocenters. The van der Waals surface area contributed by atoms with Gasteiger partial charge in [-0.1, -0.05) is 23.2 Å². The zero-order chi connectivity index (χ0) is 19.8. The summed E-state index contributed by atoms with van der Waals surface area (Å²) < 4.78 is 13.7. The number of nitrogens with zero attached hydrogens (tertiary/aromatic N) is 2. The first kappa shape index (κ1) is 18.9. The number of aromatic amines is 1. The van der Waals surface area contributed by atoms with Crippen molar-refractivity contribution >= 4 is 23.2 Å². The van der Waals surface area contributed by atoms with Crippen molar-refractivity contribution in [3.8, 4) is 17.1 Å². The second-order valence-corrected chi connectivity index (χ2v) is 7.56. The molecule has 1 aliphatic rings. The first-order valence-corrected chi connectivity index (χ1v) is 9.43. The van der Waals surface area contributed by atoms with Crippen LogP contribution in [0.3, 0.4) is 0 Å². The van der Waals surface area contributed by atoms with Crippen LogP contribution in [0.25, 0.3) is 11.4 Å². The van der Waals surface area contributed by atoms with Crippen molar-refractivity contribution in [1.82, 2.24) is 14.9 Å². The van der Waals surface area contributed by atoms with Crippen LogP contribution in [0.5, 0.6) is 5.75 Å². The van der Waals surface area contributed by atoms with Crippen LogP contribution >= 0.6 is 23.2 Å². The molecule has 4 rings (SSSR count). The summed E-state index contributed by atoms with van der Waals surface area (Å²) in [6.45, 7) is 1.48. The maximum absolute atomic E-state index is 13.7. The van der Waals surface area contributed by atoms with E-state index >= 15 is 0 Å². The van der Waals surface area contributed by atoms with Crippen molar-refractivity contribution in [3.05, 3.63) is 79.4 Å². The number of rotatable bonds is 3. The Labute approximate surface area is 170 Å². The summed E-state index contributed by atoms with van der Waals surface area (Å²) in [6, 6.07) is 9.90. The van der Waals surface area contributed by atoms with Crippen molar-refractivity contribution in [2.45, 2.75) is 19.5 Å². The molecule has 0 saturated heterocycles. The number of phenolic OH excluding ortho intramolecular Hbond substituents is 1. The molecule has 5 nitrogen and oxygen atoms in total. The van der Waals surface area contributed by atoms with Crippen molar-refractivity contribution < 1.29 is 9.50 Å². The molecule has 8 heteroatoms. The Balaban J connectivity index is 1.57. The molecule has 28 heavy (non-hydrogen) atoms. The van der Waals surface area contributed by atoms with E-state index in [0.717, 1.165) is 11.3 Å². The van der Waals surface area contributed by atoms with Gasteiger partial charge in [0.1, 0.15) is 5.82 Å². The fourth-order valence-corrected chi connectivity index (χ4v) is 3.68. The molecule has 2 heterocycles. The molecule has 0 saturated carbocycles. The Morgan fingerprint density at radius 3 is 2.68 bits per heavy atom. The van der Waals surface area contributed by atoms with Gasteiger partial charge in [-0.2, -0.15) is 0 Å². The van der Waals surface area contributed by atoms with Gasteiger partial charge in [-0.05, 0) is 42.0 Å². The molecule has 2 aromatic carbocycles. The number of H-pyrrole nitrogens is 1. The summed E-state index contributed by atoms with van der Waals surface area (Å²) in [5, 5.41) is 10.0. The summed E-state index contributed by atoms with van der Waals surface area (Å²) in [5.74, 6) is -0.793. The fourth-order valence-electron chi connectivity index (χ4n) is 3.33.